The smallest absolute Gasteiger partial charge is 0.338 e. The lowest BCUT2D eigenvalue weighted by Gasteiger charge is -2.11. The molecule has 0 heterocycles. The quantitative estimate of drug-likeness (QED) is 0.588. The van der Waals surface area contributed by atoms with Crippen molar-refractivity contribution < 1.29 is 33.4 Å². The van der Waals surface area contributed by atoms with E-state index in [2.05, 4.69) is 14.8 Å². The van der Waals surface area contributed by atoms with Crippen molar-refractivity contribution in [3.63, 3.8) is 0 Å². The average Bonchev–Trinajstić information content (AvgIpc) is 2.72. The molecule has 29 heavy (non-hydrogen) atoms. The highest BCUT2D eigenvalue weighted by atomic mass is 16.5. The first-order valence-electron chi connectivity index (χ1n) is 8.61. The SMILES string of the molecule is COC(=O)c1cc(NC(=O)COC(=O)c2cc(C)ccc2C)cc(C(=O)OC)c1. The van der Waals surface area contributed by atoms with Gasteiger partial charge in [-0.25, -0.2) is 14.4 Å². The van der Waals surface area contributed by atoms with Crippen LogP contribution in [0.1, 0.15) is 42.2 Å². The second-order valence-electron chi connectivity index (χ2n) is 6.22. The van der Waals surface area contributed by atoms with Crippen molar-refractivity contribution in [1.29, 1.82) is 0 Å². The molecule has 8 nitrogen and oxygen atoms in total. The Morgan fingerprint density at radius 3 is 1.97 bits per heavy atom. The van der Waals surface area contributed by atoms with Crippen LogP contribution in [0.15, 0.2) is 36.4 Å². The minimum Gasteiger partial charge on any atom is -0.465 e. The number of carbonyl (C=O) groups excluding carboxylic acids is 4. The molecule has 2 aromatic rings. The van der Waals surface area contributed by atoms with Crippen molar-refractivity contribution in [2.45, 2.75) is 13.8 Å². The van der Waals surface area contributed by atoms with E-state index >= 15 is 0 Å². The van der Waals surface area contributed by atoms with Gasteiger partial charge in [-0.1, -0.05) is 17.7 Å². The highest BCUT2D eigenvalue weighted by Crippen LogP contribution is 2.17. The molecule has 0 bridgehead atoms. The molecule has 0 aliphatic rings. The van der Waals surface area contributed by atoms with Crippen LogP contribution in [0, 0.1) is 13.8 Å². The lowest BCUT2D eigenvalue weighted by Crippen LogP contribution is -2.22. The van der Waals surface area contributed by atoms with Gasteiger partial charge in [0.05, 0.1) is 30.9 Å². The van der Waals surface area contributed by atoms with Gasteiger partial charge in [-0.05, 0) is 43.7 Å². The number of rotatable bonds is 6. The molecule has 0 aromatic heterocycles. The van der Waals surface area contributed by atoms with Crippen LogP contribution >= 0.6 is 0 Å². The first-order chi connectivity index (χ1) is 13.7. The monoisotopic (exact) mass is 399 g/mol. The zero-order valence-electron chi connectivity index (χ0n) is 16.5. The number of anilines is 1. The van der Waals surface area contributed by atoms with E-state index in [0.29, 0.717) is 5.56 Å². The van der Waals surface area contributed by atoms with E-state index in [-0.39, 0.29) is 16.8 Å². The van der Waals surface area contributed by atoms with Crippen molar-refractivity contribution in [2.24, 2.45) is 0 Å². The molecule has 0 aliphatic carbocycles. The second-order valence-corrected chi connectivity index (χ2v) is 6.22. The summed E-state index contributed by atoms with van der Waals surface area (Å²) in [4.78, 5) is 48.0. The Hall–Kier alpha value is -3.68. The molecular formula is C21H21NO7. The molecule has 0 atom stereocenters. The highest BCUT2D eigenvalue weighted by molar-refractivity contribution is 6.00. The van der Waals surface area contributed by atoms with Gasteiger partial charge in [-0.15, -0.1) is 0 Å². The lowest BCUT2D eigenvalue weighted by atomic mass is 10.1. The third kappa shape index (κ3) is 5.65. The predicted molar refractivity (Wildman–Crippen MR) is 104 cm³/mol. The molecule has 8 heteroatoms. The maximum Gasteiger partial charge on any atom is 0.338 e. The normalized spacial score (nSPS) is 10.1. The van der Waals surface area contributed by atoms with Gasteiger partial charge < -0.3 is 19.5 Å². The summed E-state index contributed by atoms with van der Waals surface area (Å²) in [5.74, 6) is -2.64. The largest absolute Gasteiger partial charge is 0.465 e. The summed E-state index contributed by atoms with van der Waals surface area (Å²) in [6.07, 6.45) is 0. The van der Waals surface area contributed by atoms with Crippen molar-refractivity contribution in [1.82, 2.24) is 0 Å². The van der Waals surface area contributed by atoms with Crippen LogP contribution in [0.3, 0.4) is 0 Å². The van der Waals surface area contributed by atoms with Crippen molar-refractivity contribution >= 4 is 29.5 Å². The zero-order valence-corrected chi connectivity index (χ0v) is 16.5. The van der Waals surface area contributed by atoms with E-state index in [0.717, 1.165) is 11.1 Å². The molecule has 1 N–H and O–H groups in total. The molecule has 0 radical (unpaired) electrons. The van der Waals surface area contributed by atoms with Gasteiger partial charge in [0.15, 0.2) is 6.61 Å². The summed E-state index contributed by atoms with van der Waals surface area (Å²) < 4.78 is 14.3. The summed E-state index contributed by atoms with van der Waals surface area (Å²) in [7, 11) is 2.39. The topological polar surface area (TPSA) is 108 Å². The van der Waals surface area contributed by atoms with Crippen LogP contribution in [0.4, 0.5) is 5.69 Å². The number of hydrogen-bond acceptors (Lipinski definition) is 7. The van der Waals surface area contributed by atoms with E-state index in [9.17, 15) is 19.2 Å². The number of carbonyl (C=O) groups is 4. The van der Waals surface area contributed by atoms with Crippen LogP contribution < -0.4 is 5.32 Å². The molecule has 1 amide bonds. The lowest BCUT2D eigenvalue weighted by molar-refractivity contribution is -0.119. The van der Waals surface area contributed by atoms with Gasteiger partial charge in [-0.3, -0.25) is 4.79 Å². The van der Waals surface area contributed by atoms with Crippen molar-refractivity contribution in [3.05, 3.63) is 64.2 Å². The molecule has 152 valence electrons. The molecule has 0 saturated carbocycles. The zero-order chi connectivity index (χ0) is 21.6. The molecule has 2 rings (SSSR count). The van der Waals surface area contributed by atoms with Crippen molar-refractivity contribution in [2.75, 3.05) is 26.1 Å². The molecule has 0 aliphatic heterocycles. The summed E-state index contributed by atoms with van der Waals surface area (Å²) >= 11 is 0. The summed E-state index contributed by atoms with van der Waals surface area (Å²) in [6, 6.07) is 9.29. The minimum absolute atomic E-state index is 0.0538. The van der Waals surface area contributed by atoms with Gasteiger partial charge in [0.25, 0.3) is 5.91 Å². The fourth-order valence-corrected chi connectivity index (χ4v) is 2.53. The Morgan fingerprint density at radius 2 is 1.41 bits per heavy atom. The Kier molecular flexibility index (Phi) is 7.08. The second kappa shape index (κ2) is 9.50. The van der Waals surface area contributed by atoms with E-state index in [1.807, 2.05) is 13.0 Å². The van der Waals surface area contributed by atoms with Crippen LogP contribution in [-0.2, 0) is 19.0 Å². The Balaban J connectivity index is 2.11. The van der Waals surface area contributed by atoms with E-state index in [4.69, 9.17) is 4.74 Å². The Labute approximate surface area is 167 Å². The molecule has 0 saturated heterocycles. The summed E-state index contributed by atoms with van der Waals surface area (Å²) in [6.45, 7) is 3.07. The number of methoxy groups -OCH3 is 2. The molecular weight excluding hydrogens is 378 g/mol. The number of aryl methyl sites for hydroxylation is 2. The first-order valence-corrected chi connectivity index (χ1v) is 8.61. The molecule has 0 fully saturated rings. The average molecular weight is 399 g/mol. The minimum atomic E-state index is -0.687. The predicted octanol–water partition coefficient (Wildman–Crippen LogP) is 2.67. The number of nitrogens with one attached hydrogen (secondary N) is 1. The van der Waals surface area contributed by atoms with E-state index in [1.165, 1.54) is 32.4 Å². The van der Waals surface area contributed by atoms with Crippen molar-refractivity contribution in [3.8, 4) is 0 Å². The third-order valence-corrected chi connectivity index (χ3v) is 4.01. The fraction of sp³-hybridized carbons (Fsp3) is 0.238. The number of amides is 1. The fourth-order valence-electron chi connectivity index (χ4n) is 2.53. The maximum absolute atomic E-state index is 12.2. The van der Waals surface area contributed by atoms with Gasteiger partial charge in [0, 0.05) is 5.69 Å². The van der Waals surface area contributed by atoms with Crippen LogP contribution in [0.5, 0.6) is 0 Å². The Bertz CT molecular complexity index is 931. The van der Waals surface area contributed by atoms with Gasteiger partial charge in [-0.2, -0.15) is 0 Å². The number of hydrogen-bond donors (Lipinski definition) is 1. The summed E-state index contributed by atoms with van der Waals surface area (Å²) in [5.41, 5.74) is 2.26. The number of benzene rings is 2. The van der Waals surface area contributed by atoms with Crippen LogP contribution in [-0.4, -0.2) is 44.6 Å². The Morgan fingerprint density at radius 1 is 0.828 bits per heavy atom. The van der Waals surface area contributed by atoms with Crippen LogP contribution in [0.2, 0.25) is 0 Å². The van der Waals surface area contributed by atoms with Crippen LogP contribution in [0.25, 0.3) is 0 Å². The summed E-state index contributed by atoms with van der Waals surface area (Å²) in [5, 5.41) is 2.48. The van der Waals surface area contributed by atoms with Gasteiger partial charge >= 0.3 is 17.9 Å². The number of esters is 3. The van der Waals surface area contributed by atoms with E-state index in [1.54, 1.807) is 19.1 Å². The molecule has 2 aromatic carbocycles. The maximum atomic E-state index is 12.2. The third-order valence-electron chi connectivity index (χ3n) is 4.01. The number of ether oxygens (including phenoxy) is 3. The van der Waals surface area contributed by atoms with E-state index < -0.39 is 30.4 Å². The molecule has 0 spiro atoms. The standard InChI is InChI=1S/C21H21NO7/c1-12-5-6-13(2)17(7-12)21(26)29-11-18(23)22-16-9-14(19(24)27-3)8-15(10-16)20(25)28-4/h5-10H,11H2,1-4H3,(H,22,23). The molecule has 0 unspecified atom stereocenters. The van der Waals surface area contributed by atoms with Gasteiger partial charge in [0.1, 0.15) is 0 Å². The van der Waals surface area contributed by atoms with Gasteiger partial charge in [0.2, 0.25) is 0 Å². The highest BCUT2D eigenvalue weighted by Gasteiger charge is 2.16. The first kappa shape index (κ1) is 21.6.